The van der Waals surface area contributed by atoms with Crippen LogP contribution in [0.5, 0.6) is 0 Å². The number of aryl methyl sites for hydroxylation is 1. The minimum Gasteiger partial charge on any atom is -0.357 e. The van der Waals surface area contributed by atoms with Gasteiger partial charge in [-0.2, -0.15) is 0 Å². The molecule has 0 saturated heterocycles. The van der Waals surface area contributed by atoms with E-state index in [1.807, 2.05) is 11.3 Å². The largest absolute Gasteiger partial charge is 0.357 e. The van der Waals surface area contributed by atoms with Crippen LogP contribution in [0, 0.1) is 6.92 Å². The van der Waals surface area contributed by atoms with Crippen molar-refractivity contribution in [3.63, 3.8) is 0 Å². The number of hydrogen-bond acceptors (Lipinski definition) is 1. The maximum Gasteiger partial charge on any atom is 0.0637 e. The van der Waals surface area contributed by atoms with Crippen molar-refractivity contribution in [2.24, 2.45) is 0 Å². The van der Waals surface area contributed by atoms with E-state index in [0.29, 0.717) is 5.92 Å². The molecule has 0 atom stereocenters. The molecule has 0 aliphatic carbocycles. The van der Waals surface area contributed by atoms with Crippen LogP contribution in [0.1, 0.15) is 30.3 Å². The van der Waals surface area contributed by atoms with E-state index in [-0.39, 0.29) is 0 Å². The number of benzene rings is 1. The molecule has 16 heavy (non-hydrogen) atoms. The van der Waals surface area contributed by atoms with Gasteiger partial charge in [0.2, 0.25) is 0 Å². The predicted octanol–water partition coefficient (Wildman–Crippen LogP) is 4.81. The minimum atomic E-state index is 0.559. The Balaban J connectivity index is 2.40. The van der Waals surface area contributed by atoms with Crippen molar-refractivity contribution in [3.8, 4) is 0 Å². The molecule has 2 heteroatoms. The molecular weight excluding hydrogens is 214 g/mol. The summed E-state index contributed by atoms with van der Waals surface area (Å²) in [5, 5.41) is 2.69. The van der Waals surface area contributed by atoms with Gasteiger partial charge in [-0.15, -0.1) is 11.3 Å². The Bertz CT molecular complexity index is 658. The lowest BCUT2D eigenvalue weighted by Crippen LogP contribution is -1.84. The molecule has 0 aliphatic rings. The molecule has 0 saturated carbocycles. The molecule has 0 amide bonds. The molecule has 82 valence electrons. The highest BCUT2D eigenvalue weighted by Gasteiger charge is 2.08. The van der Waals surface area contributed by atoms with Gasteiger partial charge in [0.05, 0.1) is 10.2 Å². The summed E-state index contributed by atoms with van der Waals surface area (Å²) in [7, 11) is 0. The minimum absolute atomic E-state index is 0.559. The second-order valence-corrected chi connectivity index (χ2v) is 5.94. The van der Waals surface area contributed by atoms with E-state index in [4.69, 9.17) is 0 Å². The summed E-state index contributed by atoms with van der Waals surface area (Å²) in [6.45, 7) is 6.62. The fourth-order valence-corrected chi connectivity index (χ4v) is 3.18. The van der Waals surface area contributed by atoms with Gasteiger partial charge in [-0.05, 0) is 30.4 Å². The smallest absolute Gasteiger partial charge is 0.0637 e. The van der Waals surface area contributed by atoms with Crippen LogP contribution in [0.4, 0.5) is 0 Å². The average Bonchev–Trinajstić information content (AvgIpc) is 2.77. The zero-order valence-electron chi connectivity index (χ0n) is 9.79. The first-order valence-corrected chi connectivity index (χ1v) is 6.48. The van der Waals surface area contributed by atoms with Gasteiger partial charge in [0.1, 0.15) is 0 Å². The van der Waals surface area contributed by atoms with E-state index in [1.165, 1.54) is 31.6 Å². The van der Waals surface area contributed by atoms with E-state index in [1.54, 1.807) is 0 Å². The molecule has 1 N–H and O–H groups in total. The summed E-state index contributed by atoms with van der Waals surface area (Å²) in [6.07, 6.45) is 0. The Labute approximate surface area is 99.1 Å². The first kappa shape index (κ1) is 9.91. The SMILES string of the molecule is Cc1cc2ccc3cc(C(C)C)[nH]c3c2s1. The molecule has 0 unspecified atom stereocenters. The second kappa shape index (κ2) is 3.36. The van der Waals surface area contributed by atoms with Crippen LogP contribution in [-0.4, -0.2) is 4.98 Å². The third kappa shape index (κ3) is 1.37. The van der Waals surface area contributed by atoms with Crippen LogP contribution in [0.15, 0.2) is 24.3 Å². The first-order valence-electron chi connectivity index (χ1n) is 5.67. The Hall–Kier alpha value is -1.28. The third-order valence-electron chi connectivity index (χ3n) is 3.04. The fourth-order valence-electron chi connectivity index (χ4n) is 2.16. The lowest BCUT2D eigenvalue weighted by Gasteiger charge is -1.98. The van der Waals surface area contributed by atoms with E-state index < -0.39 is 0 Å². The number of aromatic nitrogens is 1. The van der Waals surface area contributed by atoms with E-state index >= 15 is 0 Å². The summed E-state index contributed by atoms with van der Waals surface area (Å²) in [5.41, 5.74) is 2.63. The molecular formula is C14H15NS. The quantitative estimate of drug-likeness (QED) is 0.616. The van der Waals surface area contributed by atoms with Gasteiger partial charge >= 0.3 is 0 Å². The molecule has 3 aromatic rings. The van der Waals surface area contributed by atoms with Gasteiger partial charge < -0.3 is 4.98 Å². The standard InChI is InChI=1S/C14H15NS/c1-8(2)12-7-10-4-5-11-6-9(3)16-14(11)13(10)15-12/h4-8,15H,1-3H3. The van der Waals surface area contributed by atoms with Gasteiger partial charge in [-0.3, -0.25) is 0 Å². The Morgan fingerprint density at radius 1 is 1.12 bits per heavy atom. The number of nitrogens with one attached hydrogen (secondary N) is 1. The van der Waals surface area contributed by atoms with Gasteiger partial charge in [-0.25, -0.2) is 0 Å². The van der Waals surface area contributed by atoms with Gasteiger partial charge in [0, 0.05) is 16.0 Å². The number of rotatable bonds is 1. The molecule has 1 nitrogen and oxygen atoms in total. The molecule has 0 spiro atoms. The van der Waals surface area contributed by atoms with Crippen LogP contribution in [0.25, 0.3) is 21.0 Å². The fraction of sp³-hybridized carbons (Fsp3) is 0.286. The lowest BCUT2D eigenvalue weighted by molar-refractivity contribution is 0.837. The van der Waals surface area contributed by atoms with E-state index in [2.05, 4.69) is 50.0 Å². The summed E-state index contributed by atoms with van der Waals surface area (Å²) < 4.78 is 1.39. The van der Waals surface area contributed by atoms with Gasteiger partial charge in [0.25, 0.3) is 0 Å². The van der Waals surface area contributed by atoms with Crippen molar-refractivity contribution >= 4 is 32.3 Å². The predicted molar refractivity (Wildman–Crippen MR) is 72.5 cm³/mol. The zero-order valence-corrected chi connectivity index (χ0v) is 10.6. The molecule has 0 aliphatic heterocycles. The number of hydrogen-bond donors (Lipinski definition) is 1. The molecule has 0 radical (unpaired) electrons. The van der Waals surface area contributed by atoms with Crippen LogP contribution >= 0.6 is 11.3 Å². The van der Waals surface area contributed by atoms with Crippen LogP contribution in [-0.2, 0) is 0 Å². The van der Waals surface area contributed by atoms with Crippen molar-refractivity contribution in [1.29, 1.82) is 0 Å². The summed E-state index contributed by atoms with van der Waals surface area (Å²) in [5.74, 6) is 0.559. The van der Waals surface area contributed by atoms with Crippen molar-refractivity contribution in [3.05, 3.63) is 34.8 Å². The van der Waals surface area contributed by atoms with E-state index in [9.17, 15) is 0 Å². The molecule has 3 rings (SSSR count). The number of fused-ring (bicyclic) bond motifs is 3. The van der Waals surface area contributed by atoms with Crippen molar-refractivity contribution in [2.75, 3.05) is 0 Å². The number of aromatic amines is 1. The Kier molecular flexibility index (Phi) is 2.08. The van der Waals surface area contributed by atoms with E-state index in [0.717, 1.165) is 0 Å². The lowest BCUT2D eigenvalue weighted by atomic mass is 10.1. The maximum atomic E-state index is 3.56. The van der Waals surface area contributed by atoms with Crippen LogP contribution in [0.3, 0.4) is 0 Å². The molecule has 0 fully saturated rings. The highest BCUT2D eigenvalue weighted by Crippen LogP contribution is 2.33. The topological polar surface area (TPSA) is 15.8 Å². The zero-order chi connectivity index (χ0) is 11.3. The van der Waals surface area contributed by atoms with Crippen LogP contribution in [0.2, 0.25) is 0 Å². The summed E-state index contributed by atoms with van der Waals surface area (Å²) in [4.78, 5) is 4.94. The first-order chi connectivity index (χ1) is 7.65. The molecule has 2 heterocycles. The highest BCUT2D eigenvalue weighted by molar-refractivity contribution is 7.19. The number of H-pyrrole nitrogens is 1. The summed E-state index contributed by atoms with van der Waals surface area (Å²) in [6, 6.07) is 8.97. The maximum absolute atomic E-state index is 3.56. The molecule has 0 bridgehead atoms. The monoisotopic (exact) mass is 229 g/mol. The van der Waals surface area contributed by atoms with Crippen molar-refractivity contribution < 1.29 is 0 Å². The molecule has 1 aromatic carbocycles. The van der Waals surface area contributed by atoms with Gasteiger partial charge in [0.15, 0.2) is 0 Å². The van der Waals surface area contributed by atoms with Gasteiger partial charge in [-0.1, -0.05) is 26.0 Å². The highest BCUT2D eigenvalue weighted by atomic mass is 32.1. The third-order valence-corrected chi connectivity index (χ3v) is 4.13. The van der Waals surface area contributed by atoms with Crippen molar-refractivity contribution in [2.45, 2.75) is 26.7 Å². The number of thiophene rings is 1. The second-order valence-electron chi connectivity index (χ2n) is 4.68. The van der Waals surface area contributed by atoms with Crippen LogP contribution < -0.4 is 0 Å². The average molecular weight is 229 g/mol. The normalized spacial score (nSPS) is 12.0. The molecule has 2 aromatic heterocycles. The Morgan fingerprint density at radius 3 is 2.62 bits per heavy atom. The summed E-state index contributed by atoms with van der Waals surface area (Å²) >= 11 is 1.88. The Morgan fingerprint density at radius 2 is 1.88 bits per heavy atom. The van der Waals surface area contributed by atoms with Crippen molar-refractivity contribution in [1.82, 2.24) is 4.98 Å².